The van der Waals surface area contributed by atoms with Gasteiger partial charge in [0.1, 0.15) is 24.3 Å². The maximum Gasteiger partial charge on any atom is 0.318 e. The monoisotopic (exact) mass is 912 g/mol. The molecule has 15 heteroatoms. The van der Waals surface area contributed by atoms with Gasteiger partial charge in [-0.05, 0) is 82.9 Å². The summed E-state index contributed by atoms with van der Waals surface area (Å²) in [5.41, 5.74) is 1.46. The molecule has 3 heterocycles. The summed E-state index contributed by atoms with van der Waals surface area (Å²) in [6, 6.07) is 36.5. The molecular weight excluding hydrogens is 857 g/mol. The number of fused-ring (bicyclic) bond motifs is 2. The van der Waals surface area contributed by atoms with Gasteiger partial charge < -0.3 is 35.8 Å². The lowest BCUT2D eigenvalue weighted by Crippen LogP contribution is -2.55. The predicted octanol–water partition coefficient (Wildman–Crippen LogP) is 7.64. The van der Waals surface area contributed by atoms with E-state index in [1.54, 1.807) is 50.0 Å². The van der Waals surface area contributed by atoms with E-state index in [1.807, 2.05) is 74.5 Å². The fourth-order valence-corrected chi connectivity index (χ4v) is 9.55. The third-order valence-electron chi connectivity index (χ3n) is 11.3. The van der Waals surface area contributed by atoms with Crippen molar-refractivity contribution in [2.24, 2.45) is 0 Å². The molecule has 7 rings (SSSR count). The molecule has 2 aromatic heterocycles. The molecule has 0 unspecified atom stereocenters. The number of rotatable bonds is 20. The Kier molecular flexibility index (Phi) is 16.3. The summed E-state index contributed by atoms with van der Waals surface area (Å²) >= 11 is 3.21. The SMILES string of the molecule is CC[C@H](NC(=O)N(C)Cc1ccccn1)C(=O)N[C@H](CSc1ccc2ccccc2c1)[C@@H]1O[C@@H]1[C@@H](CSc1ccc2ccccc2c1)NC(=O)[C@H](CC)NC(=O)N(C)Cc1ccccn1. The van der Waals surface area contributed by atoms with E-state index in [0.29, 0.717) is 24.3 Å². The summed E-state index contributed by atoms with van der Waals surface area (Å²) in [6.45, 7) is 4.27. The molecule has 6 aromatic rings. The third kappa shape index (κ3) is 13.0. The van der Waals surface area contributed by atoms with Crippen LogP contribution < -0.4 is 21.3 Å². The molecule has 4 aromatic carbocycles. The molecular formula is C50H56N8O5S2. The van der Waals surface area contributed by atoms with Crippen LogP contribution in [0.15, 0.2) is 144 Å². The van der Waals surface area contributed by atoms with Gasteiger partial charge in [0.2, 0.25) is 11.8 Å². The first-order chi connectivity index (χ1) is 31.6. The minimum absolute atomic E-state index is 0.280. The van der Waals surface area contributed by atoms with E-state index in [2.05, 4.69) is 91.9 Å². The van der Waals surface area contributed by atoms with Gasteiger partial charge in [-0.15, -0.1) is 23.5 Å². The van der Waals surface area contributed by atoms with Crippen molar-refractivity contribution in [2.45, 2.75) is 85.9 Å². The molecule has 0 spiro atoms. The van der Waals surface area contributed by atoms with E-state index < -0.39 is 48.4 Å². The van der Waals surface area contributed by atoms with Crippen LogP contribution in [0.25, 0.3) is 21.5 Å². The Morgan fingerprint density at radius 3 is 1.34 bits per heavy atom. The van der Waals surface area contributed by atoms with Crippen molar-refractivity contribution >= 4 is 68.9 Å². The zero-order valence-electron chi connectivity index (χ0n) is 37.1. The molecule has 338 valence electrons. The van der Waals surface area contributed by atoms with Crippen LogP contribution >= 0.6 is 23.5 Å². The second kappa shape index (κ2) is 22.6. The lowest BCUT2D eigenvalue weighted by atomic mass is 10.1. The Bertz CT molecular complexity index is 2380. The number of amides is 6. The number of hydrogen-bond donors (Lipinski definition) is 4. The van der Waals surface area contributed by atoms with E-state index in [9.17, 15) is 19.2 Å². The summed E-state index contributed by atoms with van der Waals surface area (Å²) < 4.78 is 6.50. The molecule has 6 atom stereocenters. The van der Waals surface area contributed by atoms with Crippen LogP contribution in [0.5, 0.6) is 0 Å². The van der Waals surface area contributed by atoms with Crippen LogP contribution in [0.3, 0.4) is 0 Å². The number of thioether (sulfide) groups is 2. The van der Waals surface area contributed by atoms with Gasteiger partial charge in [0.05, 0.1) is 36.6 Å². The van der Waals surface area contributed by atoms with Gasteiger partial charge in [-0.25, -0.2) is 9.59 Å². The standard InChI is InChI=1S/C50H56N8O5S2/c1-5-41(55-49(61)57(3)29-37-19-11-13-25-51-37)47(59)53-43(31-64-39-23-21-33-15-7-9-17-35(33)27-39)45-46(63-45)44(32-65-40-24-22-34-16-8-10-18-36(34)28-40)54-48(60)42(6-2)56-50(62)58(4)30-38-20-12-14-26-52-38/h7-28,41-46H,5-6,29-32H2,1-4H3,(H,53,59)(H,54,60)(H,55,61)(H,56,62)/t41-,42-,43+,44+,45-,46+/m0/s1. The van der Waals surface area contributed by atoms with Gasteiger partial charge in [0, 0.05) is 47.8 Å². The third-order valence-corrected chi connectivity index (χ3v) is 13.5. The summed E-state index contributed by atoms with van der Waals surface area (Å²) in [4.78, 5) is 68.7. The molecule has 0 radical (unpaired) electrons. The molecule has 1 aliphatic heterocycles. The summed E-state index contributed by atoms with van der Waals surface area (Å²) in [6.07, 6.45) is 3.14. The van der Waals surface area contributed by atoms with Gasteiger partial charge >= 0.3 is 12.1 Å². The van der Waals surface area contributed by atoms with Gasteiger partial charge in [-0.1, -0.05) is 86.6 Å². The van der Waals surface area contributed by atoms with Crippen molar-refractivity contribution in [2.75, 3.05) is 25.6 Å². The van der Waals surface area contributed by atoms with Gasteiger partial charge in [0.25, 0.3) is 0 Å². The number of epoxide rings is 1. The van der Waals surface area contributed by atoms with Crippen molar-refractivity contribution < 1.29 is 23.9 Å². The zero-order chi connectivity index (χ0) is 45.7. The largest absolute Gasteiger partial charge is 0.365 e. The number of carbonyl (C=O) groups is 4. The summed E-state index contributed by atoms with van der Waals surface area (Å²) in [7, 11) is 3.33. The van der Waals surface area contributed by atoms with E-state index in [0.717, 1.165) is 42.7 Å². The first-order valence-corrected chi connectivity index (χ1v) is 23.9. The van der Waals surface area contributed by atoms with Crippen LogP contribution in [0.1, 0.15) is 38.1 Å². The molecule has 0 bridgehead atoms. The number of hydrogen-bond acceptors (Lipinski definition) is 9. The Balaban J connectivity index is 1.09. The van der Waals surface area contributed by atoms with E-state index >= 15 is 0 Å². The minimum Gasteiger partial charge on any atom is -0.365 e. The van der Waals surface area contributed by atoms with Crippen molar-refractivity contribution in [3.8, 4) is 0 Å². The van der Waals surface area contributed by atoms with Gasteiger partial charge in [-0.3, -0.25) is 19.6 Å². The smallest absolute Gasteiger partial charge is 0.318 e. The molecule has 0 aliphatic carbocycles. The topological polar surface area (TPSA) is 161 Å². The molecule has 4 N–H and O–H groups in total. The number of pyridine rings is 2. The van der Waals surface area contributed by atoms with Gasteiger partial charge in [-0.2, -0.15) is 0 Å². The number of carbonyl (C=O) groups excluding carboxylic acids is 4. The van der Waals surface area contributed by atoms with Crippen LogP contribution in [0, 0.1) is 0 Å². The molecule has 1 aliphatic rings. The predicted molar refractivity (Wildman–Crippen MR) is 258 cm³/mol. The van der Waals surface area contributed by atoms with Crippen LogP contribution in [-0.2, 0) is 27.4 Å². The van der Waals surface area contributed by atoms with Crippen LogP contribution in [-0.4, -0.2) is 106 Å². The summed E-state index contributed by atoms with van der Waals surface area (Å²) in [5.74, 6) is 0.258. The van der Waals surface area contributed by atoms with Gasteiger partial charge in [0.15, 0.2) is 0 Å². The highest BCUT2D eigenvalue weighted by Crippen LogP contribution is 2.35. The Labute approximate surface area is 388 Å². The average Bonchev–Trinajstić information content (AvgIpc) is 4.13. The molecule has 1 fully saturated rings. The molecule has 1 saturated heterocycles. The second-order valence-corrected chi connectivity index (χ2v) is 18.3. The highest BCUT2D eigenvalue weighted by Gasteiger charge is 2.51. The molecule has 6 amide bonds. The number of nitrogens with one attached hydrogen (secondary N) is 4. The maximum atomic E-state index is 14.1. The second-order valence-electron chi connectivity index (χ2n) is 16.1. The highest BCUT2D eigenvalue weighted by atomic mass is 32.2. The lowest BCUT2D eigenvalue weighted by molar-refractivity contribution is -0.124. The number of nitrogens with zero attached hydrogens (tertiary/aromatic N) is 4. The zero-order valence-corrected chi connectivity index (χ0v) is 38.7. The Hall–Kier alpha value is -6.16. The van der Waals surface area contributed by atoms with E-state index in [4.69, 9.17) is 4.74 Å². The quantitative estimate of drug-likeness (QED) is 0.0446. The van der Waals surface area contributed by atoms with E-state index in [-0.39, 0.29) is 24.9 Å². The highest BCUT2D eigenvalue weighted by molar-refractivity contribution is 7.99. The average molecular weight is 913 g/mol. The van der Waals surface area contributed by atoms with Crippen molar-refractivity contribution in [3.05, 3.63) is 145 Å². The van der Waals surface area contributed by atoms with Crippen molar-refractivity contribution in [1.29, 1.82) is 0 Å². The van der Waals surface area contributed by atoms with Crippen LogP contribution in [0.2, 0.25) is 0 Å². The van der Waals surface area contributed by atoms with E-state index in [1.165, 1.54) is 9.80 Å². The maximum absolute atomic E-state index is 14.1. The fraction of sp³-hybridized carbons (Fsp3) is 0.320. The van der Waals surface area contributed by atoms with Crippen LogP contribution in [0.4, 0.5) is 9.59 Å². The molecule has 13 nitrogen and oxygen atoms in total. The minimum atomic E-state index is -0.817. The van der Waals surface area contributed by atoms with Crippen molar-refractivity contribution in [3.63, 3.8) is 0 Å². The van der Waals surface area contributed by atoms with Crippen molar-refractivity contribution in [1.82, 2.24) is 41.0 Å². The number of ether oxygens (including phenoxy) is 1. The molecule has 65 heavy (non-hydrogen) atoms. The number of aromatic nitrogens is 2. The number of urea groups is 2. The summed E-state index contributed by atoms with van der Waals surface area (Å²) in [5, 5.41) is 16.8. The Morgan fingerprint density at radius 2 is 0.954 bits per heavy atom. The first-order valence-electron chi connectivity index (χ1n) is 21.9. The molecule has 0 saturated carbocycles. The first kappa shape index (κ1) is 46.8. The lowest BCUT2D eigenvalue weighted by Gasteiger charge is -2.26. The number of benzene rings is 4. The fourth-order valence-electron chi connectivity index (χ4n) is 7.51. The Morgan fingerprint density at radius 1 is 0.554 bits per heavy atom. The normalized spacial score (nSPS) is 16.1.